The number of benzene rings is 3. The van der Waals surface area contributed by atoms with Gasteiger partial charge in [0.25, 0.3) is 5.91 Å². The molecule has 1 saturated heterocycles. The first kappa shape index (κ1) is 22.2. The molecule has 0 aliphatic carbocycles. The third-order valence-electron chi connectivity index (χ3n) is 7.03. The summed E-state index contributed by atoms with van der Waals surface area (Å²) in [5.74, 6) is 0.961. The molecular formula is C29H28N4O3. The number of piperazine rings is 1. The molecule has 3 amide bonds. The maximum Gasteiger partial charge on any atom is 0.317 e. The van der Waals surface area contributed by atoms with Crippen LogP contribution in [0.25, 0.3) is 22.0 Å². The number of aromatic amines is 1. The van der Waals surface area contributed by atoms with Crippen LogP contribution >= 0.6 is 0 Å². The summed E-state index contributed by atoms with van der Waals surface area (Å²) in [6.07, 6.45) is 0.957. The van der Waals surface area contributed by atoms with Crippen molar-refractivity contribution in [3.63, 3.8) is 0 Å². The molecule has 2 N–H and O–H groups in total. The van der Waals surface area contributed by atoms with E-state index in [1.54, 1.807) is 9.80 Å². The summed E-state index contributed by atoms with van der Waals surface area (Å²) < 4.78 is 5.60. The van der Waals surface area contributed by atoms with E-state index < -0.39 is 0 Å². The Morgan fingerprint density at radius 1 is 0.861 bits per heavy atom. The Morgan fingerprint density at radius 2 is 1.61 bits per heavy atom. The molecule has 7 heteroatoms. The van der Waals surface area contributed by atoms with Crippen LogP contribution in [0.1, 0.15) is 21.6 Å². The summed E-state index contributed by atoms with van der Waals surface area (Å²) in [4.78, 5) is 32.4. The molecule has 3 aromatic carbocycles. The summed E-state index contributed by atoms with van der Waals surface area (Å²) in [5, 5.41) is 4.04. The first-order valence-corrected chi connectivity index (χ1v) is 12.4. The zero-order valence-electron chi connectivity index (χ0n) is 20.0. The molecule has 6 rings (SSSR count). The zero-order chi connectivity index (χ0) is 24.5. The molecule has 2 aliphatic heterocycles. The second-order valence-corrected chi connectivity index (χ2v) is 9.33. The lowest BCUT2D eigenvalue weighted by Crippen LogP contribution is -2.53. The molecule has 2 aliphatic rings. The topological polar surface area (TPSA) is 77.7 Å². The van der Waals surface area contributed by atoms with Crippen LogP contribution in [0.4, 0.5) is 4.79 Å². The van der Waals surface area contributed by atoms with Crippen molar-refractivity contribution in [1.82, 2.24) is 20.1 Å². The highest BCUT2D eigenvalue weighted by molar-refractivity contribution is 5.98. The number of rotatable bonds is 4. The predicted octanol–water partition coefficient (Wildman–Crippen LogP) is 4.44. The Balaban J connectivity index is 1.00. The van der Waals surface area contributed by atoms with Crippen LogP contribution in [-0.4, -0.2) is 59.5 Å². The van der Waals surface area contributed by atoms with Crippen molar-refractivity contribution >= 4 is 22.8 Å². The molecule has 4 aromatic rings. The van der Waals surface area contributed by atoms with Crippen LogP contribution < -0.4 is 10.1 Å². The molecule has 36 heavy (non-hydrogen) atoms. The number of H-pyrrole nitrogens is 1. The van der Waals surface area contributed by atoms with E-state index in [1.807, 2.05) is 36.4 Å². The minimum Gasteiger partial charge on any atom is -0.493 e. The van der Waals surface area contributed by atoms with Crippen molar-refractivity contribution in [3.05, 3.63) is 89.6 Å². The van der Waals surface area contributed by atoms with Gasteiger partial charge in [0, 0.05) is 50.0 Å². The summed E-state index contributed by atoms with van der Waals surface area (Å²) in [5.41, 5.74) is 6.17. The number of aromatic nitrogens is 1. The SMILES string of the molecule is O=C(NCc1ccc(-c2ccc3c(c2)CCO3)cc1)N1CCN(C(=O)c2cc3ccccc3[nH]2)CC1. The van der Waals surface area contributed by atoms with Crippen molar-refractivity contribution in [3.8, 4) is 16.9 Å². The third-order valence-corrected chi connectivity index (χ3v) is 7.03. The van der Waals surface area contributed by atoms with Gasteiger partial charge in [-0.2, -0.15) is 0 Å². The van der Waals surface area contributed by atoms with E-state index in [1.165, 1.54) is 11.1 Å². The van der Waals surface area contributed by atoms with Crippen molar-refractivity contribution in [1.29, 1.82) is 0 Å². The third kappa shape index (κ3) is 4.40. The van der Waals surface area contributed by atoms with E-state index in [0.29, 0.717) is 38.4 Å². The van der Waals surface area contributed by atoms with Gasteiger partial charge in [-0.1, -0.05) is 48.5 Å². The number of carbonyl (C=O) groups excluding carboxylic acids is 2. The van der Waals surface area contributed by atoms with E-state index in [-0.39, 0.29) is 11.9 Å². The van der Waals surface area contributed by atoms with Gasteiger partial charge in [0.1, 0.15) is 11.4 Å². The summed E-state index contributed by atoms with van der Waals surface area (Å²) in [7, 11) is 0. The molecule has 3 heterocycles. The fourth-order valence-corrected chi connectivity index (χ4v) is 4.94. The van der Waals surface area contributed by atoms with Crippen LogP contribution in [0.3, 0.4) is 0 Å². The van der Waals surface area contributed by atoms with Gasteiger partial charge in [-0.15, -0.1) is 0 Å². The van der Waals surface area contributed by atoms with Crippen LogP contribution in [-0.2, 0) is 13.0 Å². The first-order valence-electron chi connectivity index (χ1n) is 12.4. The highest BCUT2D eigenvalue weighted by Crippen LogP contribution is 2.30. The fraction of sp³-hybridized carbons (Fsp3) is 0.241. The quantitative estimate of drug-likeness (QED) is 0.453. The van der Waals surface area contributed by atoms with Crippen LogP contribution in [0, 0.1) is 0 Å². The maximum atomic E-state index is 12.9. The predicted molar refractivity (Wildman–Crippen MR) is 139 cm³/mol. The monoisotopic (exact) mass is 480 g/mol. The van der Waals surface area contributed by atoms with Gasteiger partial charge in [-0.3, -0.25) is 4.79 Å². The molecule has 1 aromatic heterocycles. The summed E-state index contributed by atoms with van der Waals surface area (Å²) >= 11 is 0. The molecule has 0 bridgehead atoms. The Kier molecular flexibility index (Phi) is 5.81. The highest BCUT2D eigenvalue weighted by Gasteiger charge is 2.25. The van der Waals surface area contributed by atoms with E-state index in [9.17, 15) is 9.59 Å². The normalized spacial score (nSPS) is 15.0. The van der Waals surface area contributed by atoms with Gasteiger partial charge < -0.3 is 24.8 Å². The molecule has 0 radical (unpaired) electrons. The highest BCUT2D eigenvalue weighted by atomic mass is 16.5. The second-order valence-electron chi connectivity index (χ2n) is 9.33. The lowest BCUT2D eigenvalue weighted by atomic mass is 10.0. The van der Waals surface area contributed by atoms with Gasteiger partial charge >= 0.3 is 6.03 Å². The van der Waals surface area contributed by atoms with E-state index in [4.69, 9.17) is 4.74 Å². The van der Waals surface area contributed by atoms with Crippen LogP contribution in [0.15, 0.2) is 72.8 Å². The van der Waals surface area contributed by atoms with Gasteiger partial charge in [-0.25, -0.2) is 4.79 Å². The van der Waals surface area contributed by atoms with Crippen molar-refractivity contribution < 1.29 is 14.3 Å². The van der Waals surface area contributed by atoms with Gasteiger partial charge in [-0.05, 0) is 46.5 Å². The molecule has 0 spiro atoms. The molecule has 182 valence electrons. The Labute approximate surface area is 209 Å². The zero-order valence-corrected chi connectivity index (χ0v) is 20.0. The van der Waals surface area contributed by atoms with Crippen molar-refractivity contribution in [2.45, 2.75) is 13.0 Å². The first-order chi connectivity index (χ1) is 17.6. The minimum absolute atomic E-state index is 0.0257. The standard InChI is InChI=1S/C29H28N4O3/c34-28(26-18-23-3-1-2-4-25(23)31-26)32-12-14-33(15-13-32)29(35)30-19-20-5-7-21(8-6-20)22-9-10-27-24(17-22)11-16-36-27/h1-10,17-18,31H,11-16,19H2,(H,30,35). The summed E-state index contributed by atoms with van der Waals surface area (Å²) in [6.45, 7) is 3.28. The Bertz CT molecular complexity index is 1390. The number of fused-ring (bicyclic) bond motifs is 2. The van der Waals surface area contributed by atoms with E-state index in [2.05, 4.69) is 46.7 Å². The fourth-order valence-electron chi connectivity index (χ4n) is 4.94. The lowest BCUT2D eigenvalue weighted by molar-refractivity contribution is 0.0660. The number of carbonyl (C=O) groups is 2. The number of ether oxygens (including phenoxy) is 1. The van der Waals surface area contributed by atoms with E-state index >= 15 is 0 Å². The molecule has 7 nitrogen and oxygen atoms in total. The average Bonchev–Trinajstić information content (AvgIpc) is 3.58. The summed E-state index contributed by atoms with van der Waals surface area (Å²) in [6, 6.07) is 24.3. The minimum atomic E-state index is -0.101. The van der Waals surface area contributed by atoms with Crippen LogP contribution in [0.5, 0.6) is 5.75 Å². The van der Waals surface area contributed by atoms with Gasteiger partial charge in [0.15, 0.2) is 0 Å². The molecule has 0 unspecified atom stereocenters. The number of para-hydroxylation sites is 1. The number of amides is 3. The number of urea groups is 1. The lowest BCUT2D eigenvalue weighted by Gasteiger charge is -2.34. The maximum absolute atomic E-state index is 12.9. The number of hydrogen-bond donors (Lipinski definition) is 2. The van der Waals surface area contributed by atoms with Crippen molar-refractivity contribution in [2.75, 3.05) is 32.8 Å². The number of nitrogens with one attached hydrogen (secondary N) is 2. The molecule has 0 saturated carbocycles. The van der Waals surface area contributed by atoms with E-state index in [0.717, 1.165) is 40.8 Å². The molecular weight excluding hydrogens is 452 g/mol. The molecule has 0 atom stereocenters. The number of nitrogens with zero attached hydrogens (tertiary/aromatic N) is 2. The van der Waals surface area contributed by atoms with Gasteiger partial charge in [0.05, 0.1) is 6.61 Å². The number of hydrogen-bond acceptors (Lipinski definition) is 3. The van der Waals surface area contributed by atoms with Crippen molar-refractivity contribution in [2.24, 2.45) is 0 Å². The second kappa shape index (κ2) is 9.41. The smallest absolute Gasteiger partial charge is 0.317 e. The largest absolute Gasteiger partial charge is 0.493 e. The Hall–Kier alpha value is -4.26. The Morgan fingerprint density at radius 3 is 2.42 bits per heavy atom. The van der Waals surface area contributed by atoms with Gasteiger partial charge in [0.2, 0.25) is 0 Å². The average molecular weight is 481 g/mol. The molecule has 1 fully saturated rings. The van der Waals surface area contributed by atoms with Crippen LogP contribution in [0.2, 0.25) is 0 Å².